The summed E-state index contributed by atoms with van der Waals surface area (Å²) in [6.45, 7) is 8.95. The van der Waals surface area contributed by atoms with Crippen molar-refractivity contribution < 1.29 is 5.11 Å². The summed E-state index contributed by atoms with van der Waals surface area (Å²) in [5.74, 6) is 0. The molecule has 0 amide bonds. The van der Waals surface area contributed by atoms with Gasteiger partial charge < -0.3 is 5.11 Å². The Bertz CT molecular complexity index is 283. The monoisotopic (exact) mass is 227 g/mol. The zero-order valence-corrected chi connectivity index (χ0v) is 10.7. The van der Waals surface area contributed by atoms with Gasteiger partial charge in [0.05, 0.1) is 6.10 Å². The first-order chi connectivity index (χ1) is 7.11. The molecule has 0 aliphatic rings. The van der Waals surface area contributed by atoms with Crippen molar-refractivity contribution in [2.75, 3.05) is 13.1 Å². The van der Waals surface area contributed by atoms with Gasteiger partial charge in [-0.05, 0) is 38.9 Å². The molecule has 1 unspecified atom stereocenters. The summed E-state index contributed by atoms with van der Waals surface area (Å²) in [5, 5.41) is 9.39. The first kappa shape index (κ1) is 12.7. The van der Waals surface area contributed by atoms with Crippen molar-refractivity contribution in [2.45, 2.75) is 39.8 Å². The van der Waals surface area contributed by atoms with E-state index in [4.69, 9.17) is 0 Å². The average molecular weight is 227 g/mol. The Morgan fingerprint density at radius 3 is 2.67 bits per heavy atom. The van der Waals surface area contributed by atoms with Gasteiger partial charge in [0.25, 0.3) is 0 Å². The second-order valence-electron chi connectivity index (χ2n) is 4.10. The SMILES string of the molecule is CCCN(Cc1ccc(C)s1)CC(C)O. The summed E-state index contributed by atoms with van der Waals surface area (Å²) in [6.07, 6.45) is 0.898. The minimum atomic E-state index is -0.238. The molecule has 3 heteroatoms. The van der Waals surface area contributed by atoms with Gasteiger partial charge in [-0.15, -0.1) is 11.3 Å². The smallest absolute Gasteiger partial charge is 0.0639 e. The molecular formula is C12H21NOS. The third kappa shape index (κ3) is 4.78. The molecule has 86 valence electrons. The van der Waals surface area contributed by atoms with Crippen molar-refractivity contribution in [1.82, 2.24) is 4.90 Å². The normalized spacial score (nSPS) is 13.4. The molecule has 1 aromatic heterocycles. The van der Waals surface area contributed by atoms with Crippen molar-refractivity contribution in [3.8, 4) is 0 Å². The summed E-state index contributed by atoms with van der Waals surface area (Å²) < 4.78 is 0. The van der Waals surface area contributed by atoms with E-state index < -0.39 is 0 Å². The van der Waals surface area contributed by atoms with E-state index in [9.17, 15) is 5.11 Å². The maximum absolute atomic E-state index is 9.39. The van der Waals surface area contributed by atoms with E-state index in [1.54, 1.807) is 0 Å². The van der Waals surface area contributed by atoms with Crippen LogP contribution in [0.4, 0.5) is 0 Å². The van der Waals surface area contributed by atoms with Gasteiger partial charge in [-0.3, -0.25) is 4.90 Å². The highest BCUT2D eigenvalue weighted by atomic mass is 32.1. The fourth-order valence-corrected chi connectivity index (χ4v) is 2.65. The molecule has 0 radical (unpaired) electrons. The summed E-state index contributed by atoms with van der Waals surface area (Å²) >= 11 is 1.85. The largest absolute Gasteiger partial charge is 0.392 e. The summed E-state index contributed by atoms with van der Waals surface area (Å²) in [6, 6.07) is 4.34. The molecule has 0 spiro atoms. The highest BCUT2D eigenvalue weighted by Gasteiger charge is 2.08. The van der Waals surface area contributed by atoms with E-state index in [1.807, 2.05) is 18.3 Å². The van der Waals surface area contributed by atoms with Gasteiger partial charge in [-0.1, -0.05) is 6.92 Å². The molecule has 1 aromatic rings. The van der Waals surface area contributed by atoms with Crippen LogP contribution in [0, 0.1) is 6.92 Å². The lowest BCUT2D eigenvalue weighted by atomic mass is 10.3. The first-order valence-corrected chi connectivity index (χ1v) is 6.39. The van der Waals surface area contributed by atoms with Crippen LogP contribution in [0.25, 0.3) is 0 Å². The molecule has 1 atom stereocenters. The zero-order chi connectivity index (χ0) is 11.3. The fourth-order valence-electron chi connectivity index (χ4n) is 1.72. The Labute approximate surface area is 96.5 Å². The molecule has 0 aliphatic carbocycles. The third-order valence-electron chi connectivity index (χ3n) is 2.24. The third-order valence-corrected chi connectivity index (χ3v) is 3.22. The Morgan fingerprint density at radius 2 is 2.20 bits per heavy atom. The van der Waals surface area contributed by atoms with Crippen LogP contribution in [-0.2, 0) is 6.54 Å². The molecule has 1 N–H and O–H groups in total. The standard InChI is InChI=1S/C12H21NOS/c1-4-7-13(8-10(2)14)9-12-6-5-11(3)15-12/h5-6,10,14H,4,7-9H2,1-3H3. The predicted molar refractivity (Wildman–Crippen MR) is 66.3 cm³/mol. The number of hydrogen-bond acceptors (Lipinski definition) is 3. The number of aliphatic hydroxyl groups excluding tert-OH is 1. The highest BCUT2D eigenvalue weighted by Crippen LogP contribution is 2.17. The van der Waals surface area contributed by atoms with Gasteiger partial charge in [0.15, 0.2) is 0 Å². The summed E-state index contributed by atoms with van der Waals surface area (Å²) in [5.41, 5.74) is 0. The molecule has 0 fully saturated rings. The van der Waals surface area contributed by atoms with Crippen LogP contribution < -0.4 is 0 Å². The molecule has 0 aromatic carbocycles. The van der Waals surface area contributed by atoms with Crippen molar-refractivity contribution in [2.24, 2.45) is 0 Å². The van der Waals surface area contributed by atoms with E-state index in [1.165, 1.54) is 9.75 Å². The molecule has 2 nitrogen and oxygen atoms in total. The van der Waals surface area contributed by atoms with Gasteiger partial charge >= 0.3 is 0 Å². The second-order valence-corrected chi connectivity index (χ2v) is 5.47. The molecule has 0 bridgehead atoms. The van der Waals surface area contributed by atoms with E-state index in [-0.39, 0.29) is 6.10 Å². The summed E-state index contributed by atoms with van der Waals surface area (Å²) in [4.78, 5) is 5.07. The number of thiophene rings is 1. The Hall–Kier alpha value is -0.380. The van der Waals surface area contributed by atoms with Gasteiger partial charge in [0.1, 0.15) is 0 Å². The Balaban J connectivity index is 2.50. The fraction of sp³-hybridized carbons (Fsp3) is 0.667. The van der Waals surface area contributed by atoms with Gasteiger partial charge in [0, 0.05) is 22.8 Å². The van der Waals surface area contributed by atoms with Crippen molar-refractivity contribution >= 4 is 11.3 Å². The topological polar surface area (TPSA) is 23.5 Å². The average Bonchev–Trinajstić information content (AvgIpc) is 2.50. The minimum Gasteiger partial charge on any atom is -0.392 e. The van der Waals surface area contributed by atoms with Crippen LogP contribution in [0.3, 0.4) is 0 Å². The lowest BCUT2D eigenvalue weighted by molar-refractivity contribution is 0.123. The van der Waals surface area contributed by atoms with Gasteiger partial charge in [-0.2, -0.15) is 0 Å². The maximum Gasteiger partial charge on any atom is 0.0639 e. The highest BCUT2D eigenvalue weighted by molar-refractivity contribution is 7.11. The second kappa shape index (κ2) is 6.26. The molecule has 0 saturated heterocycles. The van der Waals surface area contributed by atoms with Crippen LogP contribution in [0.5, 0.6) is 0 Å². The number of rotatable bonds is 6. The minimum absolute atomic E-state index is 0.238. The van der Waals surface area contributed by atoms with Crippen LogP contribution >= 0.6 is 11.3 Å². The van der Waals surface area contributed by atoms with E-state index in [2.05, 4.69) is 30.9 Å². The molecule has 0 aliphatic heterocycles. The van der Waals surface area contributed by atoms with Crippen molar-refractivity contribution in [1.29, 1.82) is 0 Å². The lowest BCUT2D eigenvalue weighted by Crippen LogP contribution is -2.30. The number of aliphatic hydroxyl groups is 1. The van der Waals surface area contributed by atoms with Crippen molar-refractivity contribution in [3.05, 3.63) is 21.9 Å². The number of hydrogen-bond donors (Lipinski definition) is 1. The zero-order valence-electron chi connectivity index (χ0n) is 9.86. The summed E-state index contributed by atoms with van der Waals surface area (Å²) in [7, 11) is 0. The molecule has 1 rings (SSSR count). The van der Waals surface area contributed by atoms with Crippen LogP contribution in [0.2, 0.25) is 0 Å². The molecule has 1 heterocycles. The van der Waals surface area contributed by atoms with E-state index in [0.29, 0.717) is 0 Å². The quantitative estimate of drug-likeness (QED) is 0.807. The first-order valence-electron chi connectivity index (χ1n) is 5.57. The van der Waals surface area contributed by atoms with Crippen LogP contribution in [0.1, 0.15) is 30.0 Å². The molecular weight excluding hydrogens is 206 g/mol. The Morgan fingerprint density at radius 1 is 1.47 bits per heavy atom. The number of nitrogens with zero attached hydrogens (tertiary/aromatic N) is 1. The molecule has 15 heavy (non-hydrogen) atoms. The maximum atomic E-state index is 9.39. The predicted octanol–water partition coefficient (Wildman–Crippen LogP) is 2.65. The van der Waals surface area contributed by atoms with Crippen LogP contribution in [0.15, 0.2) is 12.1 Å². The Kier molecular flexibility index (Phi) is 5.29. The molecule has 0 saturated carbocycles. The van der Waals surface area contributed by atoms with E-state index >= 15 is 0 Å². The van der Waals surface area contributed by atoms with Crippen molar-refractivity contribution in [3.63, 3.8) is 0 Å². The van der Waals surface area contributed by atoms with Crippen LogP contribution in [-0.4, -0.2) is 29.2 Å². The van der Waals surface area contributed by atoms with Gasteiger partial charge in [0.2, 0.25) is 0 Å². The van der Waals surface area contributed by atoms with Gasteiger partial charge in [-0.25, -0.2) is 0 Å². The lowest BCUT2D eigenvalue weighted by Gasteiger charge is -2.22. The van der Waals surface area contributed by atoms with E-state index in [0.717, 1.165) is 26.1 Å². The number of aryl methyl sites for hydroxylation is 1.